The Morgan fingerprint density at radius 2 is 1.74 bits per heavy atom. The number of halogens is 1. The fourth-order valence-electron chi connectivity index (χ4n) is 2.87. The second-order valence-corrected chi connectivity index (χ2v) is 6.37. The Morgan fingerprint density at radius 3 is 2.39 bits per heavy atom. The summed E-state index contributed by atoms with van der Waals surface area (Å²) in [4.78, 5) is 16.6. The number of piperazine rings is 1. The van der Waals surface area contributed by atoms with Gasteiger partial charge in [0.25, 0.3) is 0 Å². The summed E-state index contributed by atoms with van der Waals surface area (Å²) in [5.74, 6) is 0.206. The van der Waals surface area contributed by atoms with Gasteiger partial charge in [-0.05, 0) is 30.2 Å². The molecule has 1 fully saturated rings. The number of nitrogens with zero attached hydrogens (tertiary/aromatic N) is 2. The van der Waals surface area contributed by atoms with Crippen LogP contribution in [0.3, 0.4) is 0 Å². The van der Waals surface area contributed by atoms with Crippen LogP contribution in [0.15, 0.2) is 48.5 Å². The lowest BCUT2D eigenvalue weighted by atomic mass is 10.1. The molecule has 0 atom stereocenters. The summed E-state index contributed by atoms with van der Waals surface area (Å²) < 4.78 is 0. The topological polar surface area (TPSA) is 23.6 Å². The molecule has 0 spiro atoms. The van der Waals surface area contributed by atoms with E-state index in [1.807, 2.05) is 54.3 Å². The molecule has 120 valence electrons. The van der Waals surface area contributed by atoms with Crippen molar-refractivity contribution >= 4 is 23.2 Å². The molecule has 0 radical (unpaired) electrons. The number of carbonyl (C=O) groups is 1. The molecular weight excluding hydrogens is 308 g/mol. The first-order chi connectivity index (χ1) is 11.1. The summed E-state index contributed by atoms with van der Waals surface area (Å²) in [5, 5.41) is 0.796. The molecule has 0 saturated carbocycles. The third-order valence-electron chi connectivity index (χ3n) is 4.35. The molecule has 0 aromatic heterocycles. The highest BCUT2D eigenvalue weighted by molar-refractivity contribution is 6.31. The van der Waals surface area contributed by atoms with Crippen molar-refractivity contribution < 1.29 is 4.79 Å². The van der Waals surface area contributed by atoms with E-state index in [0.29, 0.717) is 6.42 Å². The number of aryl methyl sites for hydroxylation is 1. The first-order valence-corrected chi connectivity index (χ1v) is 8.34. The van der Waals surface area contributed by atoms with E-state index in [-0.39, 0.29) is 5.91 Å². The van der Waals surface area contributed by atoms with Crippen LogP contribution in [0.25, 0.3) is 0 Å². The Balaban J connectivity index is 1.57. The van der Waals surface area contributed by atoms with E-state index in [9.17, 15) is 4.79 Å². The van der Waals surface area contributed by atoms with Gasteiger partial charge in [0.2, 0.25) is 5.91 Å². The summed E-state index contributed by atoms with van der Waals surface area (Å²) in [6.07, 6.45) is 0.483. The minimum absolute atomic E-state index is 0.206. The van der Waals surface area contributed by atoms with Crippen LogP contribution in [0.1, 0.15) is 11.1 Å². The third-order valence-corrected chi connectivity index (χ3v) is 4.76. The predicted octanol–water partition coefficient (Wildman–Crippen LogP) is 3.54. The zero-order valence-corrected chi connectivity index (χ0v) is 14.1. The molecule has 0 unspecified atom stereocenters. The van der Waals surface area contributed by atoms with Gasteiger partial charge in [0.05, 0.1) is 6.42 Å². The van der Waals surface area contributed by atoms with Gasteiger partial charge >= 0.3 is 0 Å². The van der Waals surface area contributed by atoms with E-state index < -0.39 is 0 Å². The van der Waals surface area contributed by atoms with E-state index in [1.165, 1.54) is 0 Å². The molecule has 1 saturated heterocycles. The fourth-order valence-corrected chi connectivity index (χ4v) is 3.05. The van der Waals surface area contributed by atoms with Crippen molar-refractivity contribution in [2.45, 2.75) is 13.3 Å². The Morgan fingerprint density at radius 1 is 1.04 bits per heavy atom. The molecule has 2 aromatic carbocycles. The SMILES string of the molecule is Cc1ccc(N2CCN(C(=O)Cc3ccccc3)CC2)cc1Cl. The number of hydrogen-bond acceptors (Lipinski definition) is 2. The van der Waals surface area contributed by atoms with Crippen molar-refractivity contribution in [3.63, 3.8) is 0 Å². The number of anilines is 1. The third kappa shape index (κ3) is 3.85. The van der Waals surface area contributed by atoms with E-state index >= 15 is 0 Å². The molecule has 2 aromatic rings. The van der Waals surface area contributed by atoms with Crippen LogP contribution in [0.2, 0.25) is 5.02 Å². The lowest BCUT2D eigenvalue weighted by Crippen LogP contribution is -2.49. The smallest absolute Gasteiger partial charge is 0.227 e. The Bertz CT molecular complexity index is 679. The monoisotopic (exact) mass is 328 g/mol. The van der Waals surface area contributed by atoms with Crippen molar-refractivity contribution in [2.75, 3.05) is 31.1 Å². The molecule has 4 heteroatoms. The number of amides is 1. The van der Waals surface area contributed by atoms with Gasteiger partial charge in [0, 0.05) is 36.9 Å². The van der Waals surface area contributed by atoms with E-state index in [4.69, 9.17) is 11.6 Å². The molecule has 3 nitrogen and oxygen atoms in total. The van der Waals surface area contributed by atoms with Crippen LogP contribution in [0.5, 0.6) is 0 Å². The van der Waals surface area contributed by atoms with Gasteiger partial charge in [-0.2, -0.15) is 0 Å². The second-order valence-electron chi connectivity index (χ2n) is 5.96. The van der Waals surface area contributed by atoms with Crippen molar-refractivity contribution in [2.24, 2.45) is 0 Å². The quantitative estimate of drug-likeness (QED) is 0.860. The van der Waals surface area contributed by atoms with E-state index in [0.717, 1.165) is 48.0 Å². The average Bonchev–Trinajstić information content (AvgIpc) is 2.58. The maximum absolute atomic E-state index is 12.4. The number of benzene rings is 2. The first-order valence-electron chi connectivity index (χ1n) is 7.96. The van der Waals surface area contributed by atoms with Crippen LogP contribution < -0.4 is 4.90 Å². The Labute approximate surface area is 142 Å². The standard InChI is InChI=1S/C19H21ClN2O/c1-15-7-8-17(14-18(15)20)21-9-11-22(12-10-21)19(23)13-16-5-3-2-4-6-16/h2-8,14H,9-13H2,1H3. The van der Waals surface area contributed by atoms with Gasteiger partial charge in [-0.15, -0.1) is 0 Å². The summed E-state index contributed by atoms with van der Waals surface area (Å²) in [7, 11) is 0. The molecule has 23 heavy (non-hydrogen) atoms. The maximum Gasteiger partial charge on any atom is 0.227 e. The second kappa shape index (κ2) is 7.05. The highest BCUT2D eigenvalue weighted by atomic mass is 35.5. The summed E-state index contributed by atoms with van der Waals surface area (Å²) in [5.41, 5.74) is 3.30. The van der Waals surface area contributed by atoms with E-state index in [2.05, 4.69) is 11.0 Å². The maximum atomic E-state index is 12.4. The van der Waals surface area contributed by atoms with Gasteiger partial charge in [-0.25, -0.2) is 0 Å². The number of carbonyl (C=O) groups excluding carboxylic acids is 1. The minimum atomic E-state index is 0.206. The summed E-state index contributed by atoms with van der Waals surface area (Å²) in [6, 6.07) is 16.1. The number of hydrogen-bond donors (Lipinski definition) is 0. The van der Waals surface area contributed by atoms with Crippen molar-refractivity contribution in [3.8, 4) is 0 Å². The zero-order chi connectivity index (χ0) is 16.2. The molecule has 3 rings (SSSR count). The van der Waals surface area contributed by atoms with Crippen molar-refractivity contribution in [3.05, 3.63) is 64.7 Å². The van der Waals surface area contributed by atoms with Crippen molar-refractivity contribution in [1.82, 2.24) is 4.90 Å². The average molecular weight is 329 g/mol. The molecule has 0 N–H and O–H groups in total. The predicted molar refractivity (Wildman–Crippen MR) is 95.1 cm³/mol. The van der Waals surface area contributed by atoms with Gasteiger partial charge < -0.3 is 9.80 Å². The van der Waals surface area contributed by atoms with E-state index in [1.54, 1.807) is 0 Å². The molecule has 1 aliphatic rings. The van der Waals surface area contributed by atoms with Crippen molar-refractivity contribution in [1.29, 1.82) is 0 Å². The zero-order valence-electron chi connectivity index (χ0n) is 13.3. The molecule has 0 bridgehead atoms. The van der Waals surface area contributed by atoms with Gasteiger partial charge in [-0.1, -0.05) is 48.0 Å². The molecule has 1 heterocycles. The molecule has 0 aliphatic carbocycles. The summed E-state index contributed by atoms with van der Waals surface area (Å²) >= 11 is 6.21. The van der Waals surface area contributed by atoms with Gasteiger partial charge in [0.1, 0.15) is 0 Å². The van der Waals surface area contributed by atoms with Crippen LogP contribution >= 0.6 is 11.6 Å². The van der Waals surface area contributed by atoms with Gasteiger partial charge in [-0.3, -0.25) is 4.79 Å². The normalized spacial score (nSPS) is 14.9. The van der Waals surface area contributed by atoms with Gasteiger partial charge in [0.15, 0.2) is 0 Å². The van der Waals surface area contributed by atoms with Crippen LogP contribution in [0.4, 0.5) is 5.69 Å². The highest BCUT2D eigenvalue weighted by Crippen LogP contribution is 2.24. The molecule has 1 aliphatic heterocycles. The molecular formula is C19H21ClN2O. The lowest BCUT2D eigenvalue weighted by molar-refractivity contribution is -0.130. The van der Waals surface area contributed by atoms with Crippen LogP contribution in [-0.4, -0.2) is 37.0 Å². The largest absolute Gasteiger partial charge is 0.368 e. The Kier molecular flexibility index (Phi) is 4.87. The van der Waals surface area contributed by atoms with Crippen LogP contribution in [-0.2, 0) is 11.2 Å². The Hall–Kier alpha value is -2.00. The summed E-state index contributed by atoms with van der Waals surface area (Å²) in [6.45, 7) is 5.22. The highest BCUT2D eigenvalue weighted by Gasteiger charge is 2.21. The number of rotatable bonds is 3. The van der Waals surface area contributed by atoms with Crippen LogP contribution in [0, 0.1) is 6.92 Å². The minimum Gasteiger partial charge on any atom is -0.368 e. The fraction of sp³-hybridized carbons (Fsp3) is 0.316. The first kappa shape index (κ1) is 15.9. The molecule has 1 amide bonds. The lowest BCUT2D eigenvalue weighted by Gasteiger charge is -2.36.